The van der Waals surface area contributed by atoms with E-state index in [1.807, 2.05) is 0 Å². The summed E-state index contributed by atoms with van der Waals surface area (Å²) >= 11 is 10.5. The Hall–Kier alpha value is -0.480. The maximum absolute atomic E-state index is 5.27. The van der Waals surface area contributed by atoms with E-state index in [4.69, 9.17) is 24.4 Å². The fraction of sp³-hybridized carbons (Fsp3) is 0.667. The summed E-state index contributed by atoms with van der Waals surface area (Å²) in [6, 6.07) is 0. The summed E-state index contributed by atoms with van der Waals surface area (Å²) in [7, 11) is 2.05. The van der Waals surface area contributed by atoms with Crippen LogP contribution < -0.4 is 10.2 Å². The van der Waals surface area contributed by atoms with Crippen LogP contribution in [-0.2, 0) is 0 Å². The zero-order valence-electron chi connectivity index (χ0n) is 10.3. The van der Waals surface area contributed by atoms with Gasteiger partial charge in [-0.1, -0.05) is 44.2 Å². The first-order valence-corrected chi connectivity index (χ1v) is 6.73. The van der Waals surface area contributed by atoms with Crippen molar-refractivity contribution in [1.82, 2.24) is 0 Å². The Balaban J connectivity index is 2.63. The second-order valence-corrected chi connectivity index (χ2v) is 4.85. The Morgan fingerprint density at radius 2 is 1.81 bits per heavy atom. The first kappa shape index (κ1) is 13.6. The molecule has 0 aliphatic heterocycles. The van der Waals surface area contributed by atoms with Gasteiger partial charge in [-0.15, -0.1) is 0 Å². The van der Waals surface area contributed by atoms with Crippen molar-refractivity contribution in [2.75, 3.05) is 30.4 Å². The van der Waals surface area contributed by atoms with E-state index >= 15 is 0 Å². The SMILES string of the molecule is CCCCCNc1c(N(C)CC)c(=S)c1=S. The van der Waals surface area contributed by atoms with Crippen LogP contribution in [0.4, 0.5) is 11.4 Å². The van der Waals surface area contributed by atoms with Crippen LogP contribution in [-0.4, -0.2) is 20.1 Å². The van der Waals surface area contributed by atoms with Gasteiger partial charge < -0.3 is 10.2 Å². The van der Waals surface area contributed by atoms with E-state index in [-0.39, 0.29) is 0 Å². The van der Waals surface area contributed by atoms with Crippen molar-refractivity contribution in [3.8, 4) is 0 Å². The summed E-state index contributed by atoms with van der Waals surface area (Å²) in [4.78, 5) is 2.15. The number of anilines is 2. The van der Waals surface area contributed by atoms with Crippen LogP contribution in [0.25, 0.3) is 0 Å². The van der Waals surface area contributed by atoms with Gasteiger partial charge >= 0.3 is 0 Å². The number of nitrogens with zero attached hydrogens (tertiary/aromatic N) is 1. The number of nitrogens with one attached hydrogen (secondary N) is 1. The summed E-state index contributed by atoms with van der Waals surface area (Å²) in [5.74, 6) is 0. The molecule has 0 spiro atoms. The molecule has 2 nitrogen and oxygen atoms in total. The lowest BCUT2D eigenvalue weighted by Crippen LogP contribution is -2.21. The molecule has 4 heteroatoms. The molecule has 0 fully saturated rings. The monoisotopic (exact) mass is 256 g/mol. The minimum Gasteiger partial charge on any atom is -0.382 e. The zero-order valence-corrected chi connectivity index (χ0v) is 11.9. The highest BCUT2D eigenvalue weighted by Crippen LogP contribution is 2.34. The highest BCUT2D eigenvalue weighted by molar-refractivity contribution is 7.74. The molecule has 0 aliphatic rings. The number of rotatable bonds is 7. The molecular weight excluding hydrogens is 236 g/mol. The smallest absolute Gasteiger partial charge is 0.0834 e. The normalized spacial score (nSPS) is 10.7. The molecule has 0 aliphatic carbocycles. The van der Waals surface area contributed by atoms with Gasteiger partial charge in [0.05, 0.1) is 20.4 Å². The maximum atomic E-state index is 5.27. The summed E-state index contributed by atoms with van der Waals surface area (Å²) in [5, 5.41) is 3.41. The van der Waals surface area contributed by atoms with Gasteiger partial charge in [0.15, 0.2) is 0 Å². The molecule has 0 aromatic heterocycles. The summed E-state index contributed by atoms with van der Waals surface area (Å²) < 4.78 is 1.68. The van der Waals surface area contributed by atoms with Crippen LogP contribution >= 0.6 is 24.4 Å². The molecular formula is C12H20N2S2. The lowest BCUT2D eigenvalue weighted by molar-refractivity contribution is 0.743. The van der Waals surface area contributed by atoms with E-state index < -0.39 is 0 Å². The first-order chi connectivity index (χ1) is 7.63. The largest absolute Gasteiger partial charge is 0.382 e. The van der Waals surface area contributed by atoms with E-state index in [2.05, 4.69) is 31.1 Å². The molecule has 1 N–H and O–H groups in total. The molecule has 90 valence electrons. The maximum Gasteiger partial charge on any atom is 0.0834 e. The second-order valence-electron chi connectivity index (χ2n) is 4.03. The fourth-order valence-electron chi connectivity index (χ4n) is 1.65. The highest BCUT2D eigenvalue weighted by Gasteiger charge is 2.16. The Morgan fingerprint density at radius 3 is 2.38 bits per heavy atom. The van der Waals surface area contributed by atoms with E-state index in [1.165, 1.54) is 19.3 Å². The third kappa shape index (κ3) is 2.80. The van der Waals surface area contributed by atoms with Crippen LogP contribution in [0.5, 0.6) is 0 Å². The van der Waals surface area contributed by atoms with Crippen molar-refractivity contribution in [1.29, 1.82) is 0 Å². The molecule has 16 heavy (non-hydrogen) atoms. The molecule has 0 radical (unpaired) electrons. The van der Waals surface area contributed by atoms with E-state index in [9.17, 15) is 0 Å². The van der Waals surface area contributed by atoms with Gasteiger partial charge in [-0.05, 0) is 13.3 Å². The Morgan fingerprint density at radius 1 is 1.12 bits per heavy atom. The summed E-state index contributed by atoms with van der Waals surface area (Å²) in [5.41, 5.74) is 2.21. The van der Waals surface area contributed by atoms with E-state index in [0.29, 0.717) is 0 Å². The topological polar surface area (TPSA) is 15.3 Å². The predicted octanol–water partition coefficient (Wildman–Crippen LogP) is 4.08. The van der Waals surface area contributed by atoms with Gasteiger partial charge in [0.25, 0.3) is 0 Å². The summed E-state index contributed by atoms with van der Waals surface area (Å²) in [6.07, 6.45) is 3.69. The second kappa shape index (κ2) is 6.30. The van der Waals surface area contributed by atoms with E-state index in [1.54, 1.807) is 0 Å². The minimum atomic E-state index is 0.835. The average molecular weight is 256 g/mol. The Bertz CT molecular complexity index is 405. The highest BCUT2D eigenvalue weighted by atomic mass is 32.1. The van der Waals surface area contributed by atoms with Crippen molar-refractivity contribution in [3.63, 3.8) is 0 Å². The zero-order chi connectivity index (χ0) is 12.1. The molecule has 0 bridgehead atoms. The van der Waals surface area contributed by atoms with Gasteiger partial charge in [0.2, 0.25) is 0 Å². The first-order valence-electron chi connectivity index (χ1n) is 5.91. The van der Waals surface area contributed by atoms with Crippen molar-refractivity contribution in [2.24, 2.45) is 0 Å². The molecule has 0 saturated carbocycles. The third-order valence-electron chi connectivity index (χ3n) is 2.82. The van der Waals surface area contributed by atoms with Crippen LogP contribution in [0.15, 0.2) is 0 Å². The van der Waals surface area contributed by atoms with Crippen molar-refractivity contribution in [3.05, 3.63) is 9.02 Å². The quantitative estimate of drug-likeness (QED) is 0.584. The lowest BCUT2D eigenvalue weighted by atomic mass is 10.2. The van der Waals surface area contributed by atoms with Gasteiger partial charge in [-0.3, -0.25) is 0 Å². The third-order valence-corrected chi connectivity index (χ3v) is 3.76. The lowest BCUT2D eigenvalue weighted by Gasteiger charge is -2.24. The van der Waals surface area contributed by atoms with Crippen LogP contribution in [0.3, 0.4) is 0 Å². The Kier molecular flexibility index (Phi) is 5.35. The van der Waals surface area contributed by atoms with Crippen molar-refractivity contribution < 1.29 is 0 Å². The van der Waals surface area contributed by atoms with Gasteiger partial charge in [0.1, 0.15) is 0 Å². The molecule has 0 heterocycles. The molecule has 0 saturated heterocycles. The van der Waals surface area contributed by atoms with Crippen LogP contribution in [0, 0.1) is 9.02 Å². The number of hydrogen-bond acceptors (Lipinski definition) is 4. The average Bonchev–Trinajstić information content (AvgIpc) is 2.31. The minimum absolute atomic E-state index is 0.835. The van der Waals surface area contributed by atoms with Crippen LogP contribution in [0.1, 0.15) is 33.1 Å². The molecule has 0 amide bonds. The van der Waals surface area contributed by atoms with E-state index in [0.717, 1.165) is 33.5 Å². The molecule has 1 aromatic carbocycles. The molecule has 1 rings (SSSR count). The van der Waals surface area contributed by atoms with Crippen molar-refractivity contribution >= 4 is 35.8 Å². The number of unbranched alkanes of at least 4 members (excludes halogenated alkanes) is 2. The summed E-state index contributed by atoms with van der Waals surface area (Å²) in [6.45, 7) is 6.27. The Labute approximate surface area is 108 Å². The van der Waals surface area contributed by atoms with Gasteiger partial charge in [-0.25, -0.2) is 0 Å². The molecule has 0 unspecified atom stereocenters. The molecule has 1 aromatic rings. The predicted molar refractivity (Wildman–Crippen MR) is 77.4 cm³/mol. The standard InChI is InChI=1S/C12H20N2S2/c1-4-6-7-8-13-9-10(14(3)5-2)12(16)11(9)15/h13H,4-8H2,1-3H3. The van der Waals surface area contributed by atoms with Gasteiger partial charge in [0, 0.05) is 20.1 Å². The van der Waals surface area contributed by atoms with Crippen LogP contribution in [0.2, 0.25) is 0 Å². The number of hydrogen-bond donors (Lipinski definition) is 1. The van der Waals surface area contributed by atoms with Crippen molar-refractivity contribution in [2.45, 2.75) is 33.1 Å². The fourth-order valence-corrected chi connectivity index (χ4v) is 2.28. The van der Waals surface area contributed by atoms with Gasteiger partial charge in [-0.2, -0.15) is 0 Å². The molecule has 0 atom stereocenters.